The number of hydrogen-bond acceptors (Lipinski definition) is 3. The minimum atomic E-state index is -3.52. The summed E-state index contributed by atoms with van der Waals surface area (Å²) in [5.41, 5.74) is 1.97. The van der Waals surface area contributed by atoms with Crippen LogP contribution in [0.1, 0.15) is 58.9 Å². The summed E-state index contributed by atoms with van der Waals surface area (Å²) in [5.74, 6) is 0.0191. The van der Waals surface area contributed by atoms with Gasteiger partial charge in [-0.15, -0.1) is 0 Å². The van der Waals surface area contributed by atoms with Crippen molar-refractivity contribution in [1.29, 1.82) is 0 Å². The molecule has 2 aromatic rings. The lowest BCUT2D eigenvalue weighted by Crippen LogP contribution is -2.51. The lowest BCUT2D eigenvalue weighted by Gasteiger charge is -2.40. The molecule has 0 unspecified atom stereocenters. The molecule has 196 valence electrons. The SMILES string of the molecule is CC/C=C\C=C(/C)CC.CCNC(=O)C1(Cc2ccccc2)CCN(S(=O)(=O)c2ccccc2)CC1. The molecule has 0 aromatic heterocycles. The summed E-state index contributed by atoms with van der Waals surface area (Å²) in [6.45, 7) is 9.64. The molecule has 1 saturated heterocycles. The van der Waals surface area contributed by atoms with Gasteiger partial charge in [0.05, 0.1) is 10.3 Å². The van der Waals surface area contributed by atoms with E-state index in [4.69, 9.17) is 0 Å². The van der Waals surface area contributed by atoms with Crippen molar-refractivity contribution in [1.82, 2.24) is 9.62 Å². The van der Waals surface area contributed by atoms with Gasteiger partial charge in [0.1, 0.15) is 0 Å². The van der Waals surface area contributed by atoms with Crippen LogP contribution in [0.2, 0.25) is 0 Å². The van der Waals surface area contributed by atoms with Gasteiger partial charge in [0, 0.05) is 19.6 Å². The number of carbonyl (C=O) groups excluding carboxylic acids is 1. The number of amides is 1. The van der Waals surface area contributed by atoms with Crippen molar-refractivity contribution in [3.63, 3.8) is 0 Å². The number of carbonyl (C=O) groups is 1. The maximum Gasteiger partial charge on any atom is 0.243 e. The van der Waals surface area contributed by atoms with Gasteiger partial charge in [0.15, 0.2) is 0 Å². The first-order chi connectivity index (χ1) is 17.3. The van der Waals surface area contributed by atoms with E-state index in [9.17, 15) is 13.2 Å². The zero-order valence-electron chi connectivity index (χ0n) is 22.2. The fraction of sp³-hybridized carbons (Fsp3) is 0.433. The van der Waals surface area contributed by atoms with Crippen LogP contribution in [0.25, 0.3) is 0 Å². The molecule has 1 aliphatic rings. The zero-order chi connectivity index (χ0) is 26.4. The van der Waals surface area contributed by atoms with Gasteiger partial charge in [-0.1, -0.05) is 86.2 Å². The first-order valence-electron chi connectivity index (χ1n) is 13.0. The Hall–Kier alpha value is -2.70. The molecule has 0 bridgehead atoms. The molecule has 1 fully saturated rings. The molecule has 0 aliphatic carbocycles. The van der Waals surface area contributed by atoms with E-state index in [1.807, 2.05) is 37.3 Å². The summed E-state index contributed by atoms with van der Waals surface area (Å²) >= 11 is 0. The van der Waals surface area contributed by atoms with Crippen molar-refractivity contribution in [2.24, 2.45) is 5.41 Å². The number of allylic oxidation sites excluding steroid dienone is 4. The second-order valence-corrected chi connectivity index (χ2v) is 11.2. The molecule has 36 heavy (non-hydrogen) atoms. The largest absolute Gasteiger partial charge is 0.356 e. The Morgan fingerprint density at radius 3 is 2.08 bits per heavy atom. The van der Waals surface area contributed by atoms with Crippen LogP contribution < -0.4 is 5.32 Å². The number of sulfonamides is 1. The number of rotatable bonds is 9. The van der Waals surface area contributed by atoms with Crippen LogP contribution in [0.5, 0.6) is 0 Å². The fourth-order valence-electron chi connectivity index (χ4n) is 4.20. The maximum atomic E-state index is 12.9. The van der Waals surface area contributed by atoms with Crippen LogP contribution in [0.4, 0.5) is 0 Å². The smallest absolute Gasteiger partial charge is 0.243 e. The second kappa shape index (κ2) is 14.8. The number of hydrogen-bond donors (Lipinski definition) is 1. The summed E-state index contributed by atoms with van der Waals surface area (Å²) in [4.78, 5) is 13.2. The van der Waals surface area contributed by atoms with Gasteiger partial charge >= 0.3 is 0 Å². The van der Waals surface area contributed by atoms with Crippen LogP contribution in [-0.2, 0) is 21.2 Å². The van der Waals surface area contributed by atoms with Crippen LogP contribution in [0, 0.1) is 5.41 Å². The quantitative estimate of drug-likeness (QED) is 0.412. The maximum absolute atomic E-state index is 12.9. The number of nitrogens with zero attached hydrogens (tertiary/aromatic N) is 1. The molecular formula is C30H42N2O3S. The second-order valence-electron chi connectivity index (χ2n) is 9.22. The van der Waals surface area contributed by atoms with Gasteiger partial charge in [0.25, 0.3) is 0 Å². The van der Waals surface area contributed by atoms with E-state index in [1.54, 1.807) is 30.3 Å². The molecule has 6 heteroatoms. The molecule has 3 rings (SSSR count). The number of piperidine rings is 1. The predicted molar refractivity (Wildman–Crippen MR) is 149 cm³/mol. The minimum absolute atomic E-state index is 0.0191. The van der Waals surface area contributed by atoms with Gasteiger partial charge in [-0.25, -0.2) is 8.42 Å². The third-order valence-electron chi connectivity index (χ3n) is 6.58. The third-order valence-corrected chi connectivity index (χ3v) is 8.49. The third kappa shape index (κ3) is 8.45. The van der Waals surface area contributed by atoms with Crippen molar-refractivity contribution < 1.29 is 13.2 Å². The Morgan fingerprint density at radius 1 is 0.972 bits per heavy atom. The molecule has 0 atom stereocenters. The molecule has 0 spiro atoms. The van der Waals surface area contributed by atoms with Crippen molar-refractivity contribution in [2.45, 2.75) is 64.7 Å². The minimum Gasteiger partial charge on any atom is -0.356 e. The van der Waals surface area contributed by atoms with Crippen LogP contribution in [-0.4, -0.2) is 38.3 Å². The van der Waals surface area contributed by atoms with E-state index in [1.165, 1.54) is 9.88 Å². The molecule has 0 radical (unpaired) electrons. The molecule has 1 aliphatic heterocycles. The topological polar surface area (TPSA) is 66.5 Å². The molecule has 2 aromatic carbocycles. The van der Waals surface area contributed by atoms with E-state index in [0.29, 0.717) is 43.8 Å². The van der Waals surface area contributed by atoms with E-state index in [-0.39, 0.29) is 5.91 Å². The van der Waals surface area contributed by atoms with Gasteiger partial charge in [0.2, 0.25) is 15.9 Å². The number of nitrogens with one attached hydrogen (secondary N) is 1. The highest BCUT2D eigenvalue weighted by Crippen LogP contribution is 2.37. The highest BCUT2D eigenvalue weighted by Gasteiger charge is 2.43. The number of benzene rings is 2. The molecule has 1 amide bonds. The Labute approximate surface area is 218 Å². The van der Waals surface area contributed by atoms with E-state index >= 15 is 0 Å². The summed E-state index contributed by atoms with van der Waals surface area (Å²) in [6.07, 6.45) is 10.4. The highest BCUT2D eigenvalue weighted by atomic mass is 32.2. The van der Waals surface area contributed by atoms with E-state index < -0.39 is 15.4 Å². The Balaban J connectivity index is 0.000000434. The summed E-state index contributed by atoms with van der Waals surface area (Å²) in [5, 5.41) is 2.95. The highest BCUT2D eigenvalue weighted by molar-refractivity contribution is 7.89. The Kier molecular flexibility index (Phi) is 12.1. The Bertz CT molecular complexity index is 1090. The van der Waals surface area contributed by atoms with Crippen molar-refractivity contribution in [2.75, 3.05) is 19.6 Å². The standard InChI is InChI=1S/C21H26N2O3S.C9H16/c1-2-22-20(24)21(17-18-9-5-3-6-10-18)13-15-23(16-14-21)27(25,26)19-11-7-4-8-12-19;1-4-6-7-8-9(3)5-2/h3-12H,2,13-17H2,1H3,(H,22,24);6-8H,4-5H2,1-3H3/b;7-6-,9-8+. The van der Waals surface area contributed by atoms with Gasteiger partial charge < -0.3 is 5.32 Å². The first-order valence-corrected chi connectivity index (χ1v) is 14.4. The van der Waals surface area contributed by atoms with E-state index in [2.05, 4.69) is 44.3 Å². The van der Waals surface area contributed by atoms with Crippen molar-refractivity contribution >= 4 is 15.9 Å². The average Bonchev–Trinajstić information content (AvgIpc) is 2.90. The molecule has 5 nitrogen and oxygen atoms in total. The van der Waals surface area contributed by atoms with Crippen molar-refractivity contribution in [3.05, 3.63) is 90.0 Å². The van der Waals surface area contributed by atoms with E-state index in [0.717, 1.165) is 18.4 Å². The Morgan fingerprint density at radius 2 is 1.56 bits per heavy atom. The summed E-state index contributed by atoms with van der Waals surface area (Å²) < 4.78 is 27.3. The lowest BCUT2D eigenvalue weighted by atomic mass is 9.73. The van der Waals surface area contributed by atoms with Gasteiger partial charge in [-0.3, -0.25) is 4.79 Å². The normalized spacial score (nSPS) is 16.3. The van der Waals surface area contributed by atoms with Crippen LogP contribution in [0.3, 0.4) is 0 Å². The fourth-order valence-corrected chi connectivity index (χ4v) is 5.66. The molecule has 1 N–H and O–H groups in total. The zero-order valence-corrected chi connectivity index (χ0v) is 23.1. The predicted octanol–water partition coefficient (Wildman–Crippen LogP) is 6.15. The molecule has 0 saturated carbocycles. The van der Waals surface area contributed by atoms with Crippen molar-refractivity contribution in [3.8, 4) is 0 Å². The first kappa shape index (κ1) is 29.5. The summed E-state index contributed by atoms with van der Waals surface area (Å²) in [7, 11) is -3.52. The van der Waals surface area contributed by atoms with Crippen LogP contribution >= 0.6 is 0 Å². The van der Waals surface area contributed by atoms with Gasteiger partial charge in [-0.2, -0.15) is 4.31 Å². The monoisotopic (exact) mass is 510 g/mol. The summed E-state index contributed by atoms with van der Waals surface area (Å²) in [6, 6.07) is 18.4. The van der Waals surface area contributed by atoms with Gasteiger partial charge in [-0.05, 0) is 63.6 Å². The lowest BCUT2D eigenvalue weighted by molar-refractivity contribution is -0.133. The molecular weight excluding hydrogens is 468 g/mol. The average molecular weight is 511 g/mol. The molecule has 1 heterocycles. The van der Waals surface area contributed by atoms with Crippen LogP contribution in [0.15, 0.2) is 89.4 Å².